The molecule has 1 heterocycles. The zero-order chi connectivity index (χ0) is 16.2. The van der Waals surface area contributed by atoms with Crippen LogP contribution in [-0.4, -0.2) is 5.11 Å². The monoisotopic (exact) mass is 308 g/mol. The predicted octanol–water partition coefficient (Wildman–Crippen LogP) is 4.90. The zero-order valence-corrected chi connectivity index (χ0v) is 13.2. The van der Waals surface area contributed by atoms with Crippen molar-refractivity contribution in [2.24, 2.45) is 0 Å². The lowest BCUT2D eigenvalue weighted by molar-refractivity contribution is 0.475. The number of rotatable bonds is 5. The van der Waals surface area contributed by atoms with Crippen molar-refractivity contribution in [3.05, 3.63) is 64.5 Å². The standard InChI is InChI=1S/C20H20O3/c1-2-3-4-7-14-8-5-6-9-17(14)19-12-15-10-11-16(21)13-18(15)20(22)23-19/h5-6,8-13,21H,2-4,7H2,1H3. The van der Waals surface area contributed by atoms with Gasteiger partial charge in [0.15, 0.2) is 0 Å². The number of aromatic hydroxyl groups is 1. The molecule has 0 fully saturated rings. The SMILES string of the molecule is CCCCCc1ccccc1-c1cc2ccc(O)cc2c(=O)o1. The minimum Gasteiger partial charge on any atom is -0.508 e. The van der Waals surface area contributed by atoms with Gasteiger partial charge in [-0.15, -0.1) is 0 Å². The first kappa shape index (κ1) is 15.3. The molecule has 0 aliphatic carbocycles. The first-order chi connectivity index (χ1) is 11.2. The number of unbranched alkanes of at least 4 members (excludes halogenated alkanes) is 2. The normalized spacial score (nSPS) is 11.0. The molecule has 0 unspecified atom stereocenters. The molecule has 3 aromatic rings. The molecule has 3 nitrogen and oxygen atoms in total. The Morgan fingerprint density at radius 3 is 2.70 bits per heavy atom. The summed E-state index contributed by atoms with van der Waals surface area (Å²) in [4.78, 5) is 12.2. The van der Waals surface area contributed by atoms with E-state index < -0.39 is 5.63 Å². The summed E-state index contributed by atoms with van der Waals surface area (Å²) in [5, 5.41) is 10.7. The zero-order valence-electron chi connectivity index (χ0n) is 13.2. The van der Waals surface area contributed by atoms with E-state index in [4.69, 9.17) is 4.42 Å². The summed E-state index contributed by atoms with van der Waals surface area (Å²) >= 11 is 0. The molecule has 1 N–H and O–H groups in total. The van der Waals surface area contributed by atoms with Crippen LogP contribution in [0.25, 0.3) is 22.1 Å². The first-order valence-corrected chi connectivity index (χ1v) is 8.04. The van der Waals surface area contributed by atoms with E-state index in [9.17, 15) is 9.90 Å². The fourth-order valence-corrected chi connectivity index (χ4v) is 2.85. The van der Waals surface area contributed by atoms with E-state index in [1.165, 1.54) is 24.5 Å². The highest BCUT2D eigenvalue weighted by atomic mass is 16.4. The summed E-state index contributed by atoms with van der Waals surface area (Å²) in [5.74, 6) is 0.651. The molecule has 0 amide bonds. The number of phenolic OH excluding ortho intramolecular Hbond substituents is 1. The van der Waals surface area contributed by atoms with Crippen LogP contribution in [0.1, 0.15) is 31.7 Å². The van der Waals surface area contributed by atoms with Crippen LogP contribution in [0.5, 0.6) is 5.75 Å². The van der Waals surface area contributed by atoms with Gasteiger partial charge in [0.1, 0.15) is 11.5 Å². The molecular weight excluding hydrogens is 288 g/mol. The predicted molar refractivity (Wildman–Crippen MR) is 92.8 cm³/mol. The van der Waals surface area contributed by atoms with Crippen molar-refractivity contribution < 1.29 is 9.52 Å². The largest absolute Gasteiger partial charge is 0.508 e. The molecule has 23 heavy (non-hydrogen) atoms. The fraction of sp³-hybridized carbons (Fsp3) is 0.250. The van der Waals surface area contributed by atoms with Gasteiger partial charge in [-0.3, -0.25) is 0 Å². The van der Waals surface area contributed by atoms with Crippen molar-refractivity contribution in [1.29, 1.82) is 0 Å². The van der Waals surface area contributed by atoms with Gasteiger partial charge in [0.05, 0.1) is 5.39 Å². The number of benzene rings is 2. The van der Waals surface area contributed by atoms with Crippen LogP contribution in [0, 0.1) is 0 Å². The van der Waals surface area contributed by atoms with E-state index in [2.05, 4.69) is 13.0 Å². The number of hydrogen-bond acceptors (Lipinski definition) is 3. The van der Waals surface area contributed by atoms with E-state index in [1.807, 2.05) is 24.3 Å². The molecule has 0 bridgehead atoms. The summed E-state index contributed by atoms with van der Waals surface area (Å²) in [7, 11) is 0. The maximum absolute atomic E-state index is 12.2. The Hall–Kier alpha value is -2.55. The Labute approximate surface area is 135 Å². The Morgan fingerprint density at radius 2 is 1.87 bits per heavy atom. The quantitative estimate of drug-likeness (QED) is 0.682. The summed E-state index contributed by atoms with van der Waals surface area (Å²) in [6.45, 7) is 2.18. The number of aryl methyl sites for hydroxylation is 1. The molecule has 0 saturated heterocycles. The van der Waals surface area contributed by atoms with Gasteiger partial charge in [-0.2, -0.15) is 0 Å². The summed E-state index contributed by atoms with van der Waals surface area (Å²) in [6.07, 6.45) is 4.46. The van der Waals surface area contributed by atoms with Crippen LogP contribution < -0.4 is 5.63 Å². The molecule has 0 radical (unpaired) electrons. The molecule has 0 aliphatic rings. The van der Waals surface area contributed by atoms with Crippen molar-refractivity contribution in [3.63, 3.8) is 0 Å². The highest BCUT2D eigenvalue weighted by molar-refractivity contribution is 5.85. The third-order valence-corrected chi connectivity index (χ3v) is 4.08. The third-order valence-electron chi connectivity index (χ3n) is 4.08. The molecule has 1 aromatic heterocycles. The Morgan fingerprint density at radius 1 is 1.04 bits per heavy atom. The van der Waals surface area contributed by atoms with Gasteiger partial charge in [-0.1, -0.05) is 50.1 Å². The third kappa shape index (κ3) is 3.29. The van der Waals surface area contributed by atoms with Gasteiger partial charge in [-0.05, 0) is 42.0 Å². The lowest BCUT2D eigenvalue weighted by atomic mass is 9.99. The molecule has 0 saturated carbocycles. The first-order valence-electron chi connectivity index (χ1n) is 8.04. The van der Waals surface area contributed by atoms with E-state index in [0.717, 1.165) is 23.8 Å². The molecule has 0 atom stereocenters. The molecular formula is C20H20O3. The smallest absolute Gasteiger partial charge is 0.344 e. The van der Waals surface area contributed by atoms with Crippen molar-refractivity contribution in [2.75, 3.05) is 0 Å². The molecule has 3 heteroatoms. The van der Waals surface area contributed by atoms with Crippen LogP contribution in [0.2, 0.25) is 0 Å². The van der Waals surface area contributed by atoms with E-state index in [0.29, 0.717) is 11.1 Å². The second kappa shape index (κ2) is 6.69. The lowest BCUT2D eigenvalue weighted by Crippen LogP contribution is -2.01. The minimum atomic E-state index is -0.420. The lowest BCUT2D eigenvalue weighted by Gasteiger charge is -2.09. The maximum atomic E-state index is 12.2. The second-order valence-corrected chi connectivity index (χ2v) is 5.78. The molecule has 3 rings (SSSR count). The van der Waals surface area contributed by atoms with E-state index in [1.54, 1.807) is 12.1 Å². The average molecular weight is 308 g/mol. The van der Waals surface area contributed by atoms with Crippen LogP contribution in [0.15, 0.2) is 57.7 Å². The van der Waals surface area contributed by atoms with Crippen molar-refractivity contribution in [1.82, 2.24) is 0 Å². The second-order valence-electron chi connectivity index (χ2n) is 5.78. The topological polar surface area (TPSA) is 50.4 Å². The number of phenols is 1. The van der Waals surface area contributed by atoms with Gasteiger partial charge >= 0.3 is 5.63 Å². The number of hydrogen-bond donors (Lipinski definition) is 1. The summed E-state index contributed by atoms with van der Waals surface area (Å²) in [6, 6.07) is 14.7. The van der Waals surface area contributed by atoms with Crippen LogP contribution in [0.4, 0.5) is 0 Å². The number of fused-ring (bicyclic) bond motifs is 1. The minimum absolute atomic E-state index is 0.0671. The van der Waals surface area contributed by atoms with Crippen LogP contribution in [-0.2, 0) is 6.42 Å². The molecule has 118 valence electrons. The van der Waals surface area contributed by atoms with Crippen molar-refractivity contribution in [2.45, 2.75) is 32.6 Å². The van der Waals surface area contributed by atoms with E-state index in [-0.39, 0.29) is 5.75 Å². The van der Waals surface area contributed by atoms with Gasteiger partial charge in [0, 0.05) is 5.56 Å². The van der Waals surface area contributed by atoms with Gasteiger partial charge < -0.3 is 9.52 Å². The molecule has 2 aromatic carbocycles. The van der Waals surface area contributed by atoms with Crippen molar-refractivity contribution >= 4 is 10.8 Å². The summed E-state index contributed by atoms with van der Waals surface area (Å²) < 4.78 is 5.51. The Kier molecular flexibility index (Phi) is 4.47. The van der Waals surface area contributed by atoms with E-state index >= 15 is 0 Å². The van der Waals surface area contributed by atoms with Gasteiger partial charge in [-0.25, -0.2) is 4.79 Å². The maximum Gasteiger partial charge on any atom is 0.344 e. The van der Waals surface area contributed by atoms with Gasteiger partial charge in [0.2, 0.25) is 0 Å². The highest BCUT2D eigenvalue weighted by Crippen LogP contribution is 2.27. The Balaban J connectivity index is 2.07. The van der Waals surface area contributed by atoms with Gasteiger partial charge in [0.25, 0.3) is 0 Å². The average Bonchev–Trinajstić information content (AvgIpc) is 2.56. The van der Waals surface area contributed by atoms with Crippen molar-refractivity contribution in [3.8, 4) is 17.1 Å². The van der Waals surface area contributed by atoms with Crippen LogP contribution >= 0.6 is 0 Å². The summed E-state index contributed by atoms with van der Waals surface area (Å²) in [5.41, 5.74) is 1.75. The molecule has 0 spiro atoms. The fourth-order valence-electron chi connectivity index (χ4n) is 2.85. The Bertz CT molecular complexity index is 877. The highest BCUT2D eigenvalue weighted by Gasteiger charge is 2.10. The van der Waals surface area contributed by atoms with Crippen LogP contribution in [0.3, 0.4) is 0 Å². The molecule has 0 aliphatic heterocycles.